The van der Waals surface area contributed by atoms with Crippen molar-refractivity contribution >= 4 is 10.9 Å². The van der Waals surface area contributed by atoms with E-state index in [0.29, 0.717) is 0 Å². The normalized spacial score (nSPS) is 15.3. The molecule has 1 saturated carbocycles. The molecule has 0 unspecified atom stereocenters. The Morgan fingerprint density at radius 2 is 2.00 bits per heavy atom. The molecule has 19 heavy (non-hydrogen) atoms. The summed E-state index contributed by atoms with van der Waals surface area (Å²) in [4.78, 5) is 4.21. The number of nitrogens with zero attached hydrogens (tertiary/aromatic N) is 1. The number of aromatic nitrogens is 1. The van der Waals surface area contributed by atoms with Crippen molar-refractivity contribution in [3.63, 3.8) is 0 Å². The molecule has 99 valence electrons. The van der Waals surface area contributed by atoms with Crippen molar-refractivity contribution in [3.8, 4) is 0 Å². The van der Waals surface area contributed by atoms with Gasteiger partial charge in [0.1, 0.15) is 0 Å². The first-order chi connectivity index (χ1) is 8.75. The molecule has 1 aromatic heterocycles. The van der Waals surface area contributed by atoms with E-state index < -0.39 is 0 Å². The van der Waals surface area contributed by atoms with Crippen LogP contribution in [-0.4, -0.2) is 4.98 Å². The summed E-state index contributed by atoms with van der Waals surface area (Å²) < 4.78 is 0. The molecule has 0 aliphatic heterocycles. The van der Waals surface area contributed by atoms with Gasteiger partial charge in [0.15, 0.2) is 0 Å². The summed E-state index contributed by atoms with van der Waals surface area (Å²) in [5.74, 6) is 1.00. The van der Waals surface area contributed by atoms with E-state index in [2.05, 4.69) is 43.5 Å². The summed E-state index contributed by atoms with van der Waals surface area (Å²) in [6, 6.07) is 11.1. The molecule has 1 aliphatic rings. The zero-order valence-corrected chi connectivity index (χ0v) is 14.7. The zero-order chi connectivity index (χ0) is 12.8. The van der Waals surface area contributed by atoms with Crippen LogP contribution in [0.5, 0.6) is 0 Å². The number of aryl methyl sites for hydroxylation is 1. The molecular formula is C17H21NY-2. The molecule has 2 heteroatoms. The second kappa shape index (κ2) is 8.82. The summed E-state index contributed by atoms with van der Waals surface area (Å²) in [5.41, 5.74) is 2.26. The average molecular weight is 328 g/mol. The Kier molecular flexibility index (Phi) is 7.79. The number of hydrogen-bond donors (Lipinski definition) is 0. The van der Waals surface area contributed by atoms with Crippen LogP contribution >= 0.6 is 0 Å². The number of benzene rings is 1. The van der Waals surface area contributed by atoms with Gasteiger partial charge in [-0.15, -0.1) is 29.7 Å². The number of hydrogen-bond acceptors (Lipinski definition) is 1. The maximum absolute atomic E-state index is 4.21. The Hall–Kier alpha value is -0.266. The zero-order valence-electron chi connectivity index (χ0n) is 11.9. The van der Waals surface area contributed by atoms with Gasteiger partial charge in [0.25, 0.3) is 0 Å². The largest absolute Gasteiger partial charge is 0.352 e. The number of pyridine rings is 1. The molecule has 1 fully saturated rings. The van der Waals surface area contributed by atoms with E-state index in [9.17, 15) is 0 Å². The molecule has 2 aromatic rings. The molecule has 0 spiro atoms. The Labute approximate surface area is 142 Å². The number of rotatable bonds is 0. The maximum atomic E-state index is 4.21. The maximum Gasteiger partial charge on any atom is 0 e. The third-order valence-corrected chi connectivity index (χ3v) is 3.41. The Balaban J connectivity index is 0.000000198. The van der Waals surface area contributed by atoms with E-state index in [-0.39, 0.29) is 32.7 Å². The van der Waals surface area contributed by atoms with Gasteiger partial charge in [-0.05, 0) is 18.4 Å². The van der Waals surface area contributed by atoms with E-state index in [0.717, 1.165) is 16.8 Å². The van der Waals surface area contributed by atoms with E-state index in [1.165, 1.54) is 31.2 Å². The quantitative estimate of drug-likeness (QED) is 0.637. The first kappa shape index (κ1) is 16.8. The minimum Gasteiger partial charge on any atom is -0.352 e. The van der Waals surface area contributed by atoms with Crippen molar-refractivity contribution in [2.75, 3.05) is 0 Å². The predicted molar refractivity (Wildman–Crippen MR) is 77.2 cm³/mol. The fourth-order valence-corrected chi connectivity index (χ4v) is 2.21. The van der Waals surface area contributed by atoms with Crippen molar-refractivity contribution in [2.24, 2.45) is 5.92 Å². The molecule has 1 nitrogen and oxygen atoms in total. The van der Waals surface area contributed by atoms with Gasteiger partial charge in [0, 0.05) is 32.7 Å². The fourth-order valence-electron chi connectivity index (χ4n) is 2.21. The molecule has 3 rings (SSSR count). The van der Waals surface area contributed by atoms with Crippen LogP contribution < -0.4 is 0 Å². The predicted octanol–water partition coefficient (Wildman–Crippen LogP) is 4.74. The molecular weight excluding hydrogens is 307 g/mol. The van der Waals surface area contributed by atoms with Crippen LogP contribution in [0.3, 0.4) is 0 Å². The van der Waals surface area contributed by atoms with Crippen LogP contribution in [0.4, 0.5) is 0 Å². The van der Waals surface area contributed by atoms with Crippen LogP contribution in [0.25, 0.3) is 10.9 Å². The first-order valence-corrected chi connectivity index (χ1v) is 6.80. The smallest absolute Gasteiger partial charge is 0 e. The van der Waals surface area contributed by atoms with Crippen molar-refractivity contribution in [1.82, 2.24) is 4.98 Å². The Morgan fingerprint density at radius 1 is 1.26 bits per heavy atom. The van der Waals surface area contributed by atoms with E-state index in [1.807, 2.05) is 12.1 Å². The second-order valence-electron chi connectivity index (χ2n) is 5.16. The van der Waals surface area contributed by atoms with E-state index in [1.54, 1.807) is 6.20 Å². The summed E-state index contributed by atoms with van der Waals surface area (Å²) in [7, 11) is 0. The molecule has 0 saturated heterocycles. The molecule has 1 aromatic carbocycles. The van der Waals surface area contributed by atoms with Crippen molar-refractivity contribution in [3.05, 3.63) is 48.5 Å². The van der Waals surface area contributed by atoms with Gasteiger partial charge in [0.2, 0.25) is 0 Å². The molecule has 0 atom stereocenters. The van der Waals surface area contributed by atoms with Gasteiger partial charge < -0.3 is 11.4 Å². The summed E-state index contributed by atoms with van der Waals surface area (Å²) in [6.45, 7) is 4.40. The molecule has 0 bridgehead atoms. The van der Waals surface area contributed by atoms with Crippen LogP contribution in [0.2, 0.25) is 0 Å². The van der Waals surface area contributed by atoms with Gasteiger partial charge in [-0.2, -0.15) is 12.8 Å². The molecule has 1 aliphatic carbocycles. The summed E-state index contributed by atoms with van der Waals surface area (Å²) in [5, 5.41) is 1.08. The van der Waals surface area contributed by atoms with Crippen LogP contribution in [0.15, 0.2) is 30.5 Å². The molecule has 0 amide bonds. The van der Waals surface area contributed by atoms with Gasteiger partial charge in [-0.1, -0.05) is 37.6 Å². The Bertz CT molecular complexity index is 489. The topological polar surface area (TPSA) is 12.9 Å². The van der Waals surface area contributed by atoms with Gasteiger partial charge in [0.05, 0.1) is 0 Å². The Morgan fingerprint density at radius 3 is 2.63 bits per heavy atom. The summed E-state index contributed by atoms with van der Waals surface area (Å²) >= 11 is 0. The van der Waals surface area contributed by atoms with Crippen molar-refractivity contribution < 1.29 is 32.7 Å². The molecule has 0 N–H and O–H groups in total. The van der Waals surface area contributed by atoms with Gasteiger partial charge in [-0.25, -0.2) is 0 Å². The van der Waals surface area contributed by atoms with Gasteiger partial charge in [-0.3, -0.25) is 0 Å². The minimum absolute atomic E-state index is 0. The third-order valence-electron chi connectivity index (χ3n) is 3.41. The van der Waals surface area contributed by atoms with E-state index in [4.69, 9.17) is 0 Å². The first-order valence-electron chi connectivity index (χ1n) is 6.80. The van der Waals surface area contributed by atoms with Crippen molar-refractivity contribution in [1.29, 1.82) is 0 Å². The van der Waals surface area contributed by atoms with Crippen LogP contribution in [0, 0.1) is 25.3 Å². The van der Waals surface area contributed by atoms with Gasteiger partial charge >= 0.3 is 0 Å². The minimum atomic E-state index is 0. The SMILES string of the molecule is CC1CC[CH-]CC1.Cc1ccc2[c-]ccnc2c1.[Y]. The van der Waals surface area contributed by atoms with E-state index >= 15 is 0 Å². The third kappa shape index (κ3) is 5.71. The van der Waals surface area contributed by atoms with Crippen LogP contribution in [-0.2, 0) is 32.7 Å². The number of fused-ring (bicyclic) bond motifs is 1. The molecule has 1 radical (unpaired) electrons. The molecule has 1 heterocycles. The van der Waals surface area contributed by atoms with Crippen LogP contribution in [0.1, 0.15) is 38.2 Å². The van der Waals surface area contributed by atoms with Crippen molar-refractivity contribution in [2.45, 2.75) is 39.5 Å². The standard InChI is InChI=1S/C10H8N.C7H13.Y/c1-8-4-5-9-3-2-6-11-10(9)7-8;1-7-5-3-2-4-6-7;/h2,4-7H,1H3;2,7H,3-6H2,1H3;/q2*-1;. The monoisotopic (exact) mass is 328 g/mol. The average Bonchev–Trinajstić information content (AvgIpc) is 2.40. The fraction of sp³-hybridized carbons (Fsp3) is 0.412. The second-order valence-corrected chi connectivity index (χ2v) is 5.16. The summed E-state index contributed by atoms with van der Waals surface area (Å²) in [6.07, 6.45) is 9.75.